The lowest BCUT2D eigenvalue weighted by Gasteiger charge is -2.13. The average Bonchev–Trinajstić information content (AvgIpc) is 3.01. The van der Waals surface area contributed by atoms with Gasteiger partial charge in [0, 0.05) is 18.2 Å². The molecule has 0 saturated carbocycles. The number of hydrogen-bond donors (Lipinski definition) is 0. The maximum atomic E-state index is 12.9. The molecule has 0 aliphatic carbocycles. The van der Waals surface area contributed by atoms with Crippen LogP contribution in [0.4, 0.5) is 0 Å². The van der Waals surface area contributed by atoms with E-state index in [1.807, 2.05) is 54.8 Å². The summed E-state index contributed by atoms with van der Waals surface area (Å²) in [4.78, 5) is 8.91. The van der Waals surface area contributed by atoms with Gasteiger partial charge in [-0.3, -0.25) is 4.99 Å². The van der Waals surface area contributed by atoms with Crippen LogP contribution in [0.25, 0.3) is 11.0 Å². The van der Waals surface area contributed by atoms with Gasteiger partial charge in [-0.1, -0.05) is 48.2 Å². The Hall–Kier alpha value is -2.12. The van der Waals surface area contributed by atoms with E-state index in [1.165, 1.54) is 15.7 Å². The van der Waals surface area contributed by atoms with Crippen LogP contribution in [0.2, 0.25) is 0 Å². The van der Waals surface area contributed by atoms with Gasteiger partial charge in [-0.2, -0.15) is 0 Å². The highest BCUT2D eigenvalue weighted by atomic mass is 32.2. The maximum absolute atomic E-state index is 12.9. The number of thioether (sulfide) groups is 1. The first kappa shape index (κ1) is 18.7. The van der Waals surface area contributed by atoms with E-state index >= 15 is 0 Å². The van der Waals surface area contributed by atoms with Crippen molar-refractivity contribution in [2.75, 3.05) is 13.3 Å². The predicted molar refractivity (Wildman–Crippen MR) is 109 cm³/mol. The molecule has 0 spiro atoms. The normalized spacial score (nSPS) is 12.9. The minimum absolute atomic E-state index is 0.473. The lowest BCUT2D eigenvalue weighted by Crippen LogP contribution is -2.23. The molecule has 0 fully saturated rings. The lowest BCUT2D eigenvalue weighted by atomic mass is 10.0. The van der Waals surface area contributed by atoms with Crippen molar-refractivity contribution in [2.45, 2.75) is 24.3 Å². The summed E-state index contributed by atoms with van der Waals surface area (Å²) in [7, 11) is -1.79. The second-order valence-corrected chi connectivity index (χ2v) is 9.21. The Balaban J connectivity index is 2.26. The second-order valence-electron chi connectivity index (χ2n) is 6.10. The molecule has 2 aromatic carbocycles. The lowest BCUT2D eigenvalue weighted by molar-refractivity contribution is 0.575. The summed E-state index contributed by atoms with van der Waals surface area (Å²) in [6.07, 6.45) is 1.83. The fourth-order valence-corrected chi connectivity index (χ4v) is 4.88. The Labute approximate surface area is 158 Å². The van der Waals surface area contributed by atoms with Gasteiger partial charge in [0.15, 0.2) is 5.16 Å². The summed E-state index contributed by atoms with van der Waals surface area (Å²) >= 11 is 1.32. The summed E-state index contributed by atoms with van der Waals surface area (Å²) in [5.41, 5.74) is 3.90. The monoisotopic (exact) mass is 387 g/mol. The van der Waals surface area contributed by atoms with Gasteiger partial charge in [0.1, 0.15) is 0 Å². The molecular formula is C19H21N3O2S2. The van der Waals surface area contributed by atoms with E-state index in [4.69, 9.17) is 0 Å². The summed E-state index contributed by atoms with van der Waals surface area (Å²) in [5, 5.41) is -0.0663. The molecule has 0 unspecified atom stereocenters. The fraction of sp³-hybridized carbons (Fsp3) is 0.263. The largest absolute Gasteiger partial charge is 0.287 e. The molecule has 7 heteroatoms. The number of rotatable bonds is 5. The van der Waals surface area contributed by atoms with E-state index in [0.717, 1.165) is 16.8 Å². The van der Waals surface area contributed by atoms with E-state index in [0.29, 0.717) is 16.2 Å². The molecule has 26 heavy (non-hydrogen) atoms. The number of fused-ring (bicyclic) bond motifs is 1. The highest BCUT2D eigenvalue weighted by molar-refractivity contribution is 7.99. The zero-order valence-electron chi connectivity index (χ0n) is 15.2. The van der Waals surface area contributed by atoms with Crippen LogP contribution in [0.3, 0.4) is 0 Å². The topological polar surface area (TPSA) is 64.3 Å². The zero-order valence-corrected chi connectivity index (χ0v) is 16.8. The quantitative estimate of drug-likeness (QED) is 0.493. The molecule has 1 heterocycles. The molecule has 0 radical (unpaired) electrons. The van der Waals surface area contributed by atoms with Crippen molar-refractivity contribution in [3.8, 4) is 0 Å². The third-order valence-corrected chi connectivity index (χ3v) is 6.99. The van der Waals surface area contributed by atoms with E-state index in [9.17, 15) is 8.42 Å². The molecule has 0 aliphatic rings. The molecule has 3 rings (SSSR count). The minimum atomic E-state index is -3.52. The van der Waals surface area contributed by atoms with Gasteiger partial charge in [0.2, 0.25) is 10.0 Å². The first-order valence-corrected chi connectivity index (χ1v) is 11.0. The SMILES string of the molecule is CN=C(c1ccccc1)c1ccc2nc(SC)n(S(=O)(=O)C(C)C)c2c1. The van der Waals surface area contributed by atoms with Crippen molar-refractivity contribution in [1.29, 1.82) is 0 Å². The summed E-state index contributed by atoms with van der Waals surface area (Å²) in [6, 6.07) is 15.5. The molecule has 5 nitrogen and oxygen atoms in total. The highest BCUT2D eigenvalue weighted by Crippen LogP contribution is 2.27. The van der Waals surface area contributed by atoms with Crippen LogP contribution >= 0.6 is 11.8 Å². The molecule has 1 aromatic heterocycles. The molecule has 0 amide bonds. The Bertz CT molecular complexity index is 1070. The van der Waals surface area contributed by atoms with Crippen molar-refractivity contribution in [1.82, 2.24) is 8.96 Å². The first-order valence-electron chi connectivity index (χ1n) is 8.23. The van der Waals surface area contributed by atoms with Gasteiger partial charge in [-0.25, -0.2) is 17.4 Å². The maximum Gasteiger partial charge on any atom is 0.243 e. The van der Waals surface area contributed by atoms with Gasteiger partial charge in [0.05, 0.1) is 22.0 Å². The van der Waals surface area contributed by atoms with E-state index < -0.39 is 15.3 Å². The molecule has 0 saturated heterocycles. The van der Waals surface area contributed by atoms with Crippen molar-refractivity contribution in [3.63, 3.8) is 0 Å². The fourth-order valence-electron chi connectivity index (χ4n) is 2.79. The van der Waals surface area contributed by atoms with Gasteiger partial charge >= 0.3 is 0 Å². The Morgan fingerprint density at radius 2 is 1.81 bits per heavy atom. The van der Waals surface area contributed by atoms with Gasteiger partial charge in [-0.15, -0.1) is 0 Å². The Kier molecular flexibility index (Phi) is 5.20. The molecule has 0 aliphatic heterocycles. The Morgan fingerprint density at radius 3 is 2.38 bits per heavy atom. The van der Waals surface area contributed by atoms with E-state index in [1.54, 1.807) is 20.9 Å². The van der Waals surface area contributed by atoms with Crippen LogP contribution in [0.15, 0.2) is 58.7 Å². The van der Waals surface area contributed by atoms with Crippen LogP contribution in [-0.2, 0) is 10.0 Å². The first-order chi connectivity index (χ1) is 12.4. The highest BCUT2D eigenvalue weighted by Gasteiger charge is 2.25. The summed E-state index contributed by atoms with van der Waals surface area (Å²) < 4.78 is 27.1. The van der Waals surface area contributed by atoms with Crippen molar-refractivity contribution in [3.05, 3.63) is 59.7 Å². The predicted octanol–water partition coefficient (Wildman–Crippen LogP) is 3.81. The van der Waals surface area contributed by atoms with E-state index in [2.05, 4.69) is 9.98 Å². The number of benzene rings is 2. The summed E-state index contributed by atoms with van der Waals surface area (Å²) in [5.74, 6) is 0. The average molecular weight is 388 g/mol. The number of aromatic nitrogens is 2. The zero-order chi connectivity index (χ0) is 18.9. The Morgan fingerprint density at radius 1 is 1.12 bits per heavy atom. The van der Waals surface area contributed by atoms with Crippen molar-refractivity contribution < 1.29 is 8.42 Å². The molecule has 0 bridgehead atoms. The number of aliphatic imine (C=N–C) groups is 1. The number of hydrogen-bond acceptors (Lipinski definition) is 5. The molecule has 0 atom stereocenters. The van der Waals surface area contributed by atoms with Crippen LogP contribution in [-0.4, -0.2) is 41.6 Å². The van der Waals surface area contributed by atoms with Crippen LogP contribution < -0.4 is 0 Å². The molecule has 136 valence electrons. The standard InChI is InChI=1S/C19H21N3O2S2/c1-13(2)26(23,24)22-17-12-15(10-11-16(17)21-19(22)25-4)18(20-3)14-8-6-5-7-9-14/h5-13H,1-4H3. The molecule has 0 N–H and O–H groups in total. The van der Waals surface area contributed by atoms with Crippen molar-refractivity contribution in [2.24, 2.45) is 4.99 Å². The van der Waals surface area contributed by atoms with Crippen LogP contribution in [0, 0.1) is 0 Å². The number of imidazole rings is 1. The number of nitrogens with zero attached hydrogens (tertiary/aromatic N) is 3. The van der Waals surface area contributed by atoms with Gasteiger partial charge in [-0.05, 0) is 32.2 Å². The van der Waals surface area contributed by atoms with E-state index in [-0.39, 0.29) is 0 Å². The third-order valence-electron chi connectivity index (χ3n) is 4.16. The second kappa shape index (κ2) is 7.25. The molecular weight excluding hydrogens is 366 g/mol. The van der Waals surface area contributed by atoms with Crippen LogP contribution in [0.1, 0.15) is 25.0 Å². The minimum Gasteiger partial charge on any atom is -0.287 e. The molecule has 3 aromatic rings. The van der Waals surface area contributed by atoms with Gasteiger partial charge in [0.25, 0.3) is 0 Å². The third kappa shape index (κ3) is 3.17. The van der Waals surface area contributed by atoms with Gasteiger partial charge < -0.3 is 0 Å². The smallest absolute Gasteiger partial charge is 0.243 e. The summed E-state index contributed by atoms with van der Waals surface area (Å²) in [6.45, 7) is 3.36. The van der Waals surface area contributed by atoms with Crippen LogP contribution in [0.5, 0.6) is 0 Å². The van der Waals surface area contributed by atoms with Crippen molar-refractivity contribution >= 4 is 38.5 Å².